The summed E-state index contributed by atoms with van der Waals surface area (Å²) in [6.45, 7) is 15.3. The molecule has 3 aliphatic rings. The molecule has 5 rings (SSSR count). The largest absolute Gasteiger partial charge is 0.768 e. The average Bonchev–Trinajstić information content (AvgIpc) is 3.39. The fraction of sp³-hybridized carbons (Fsp3) is 0.462. The zero-order valence-corrected chi connectivity index (χ0v) is 31.3. The van der Waals surface area contributed by atoms with E-state index in [0.717, 1.165) is 85.6 Å². The minimum atomic E-state index is -2.27. The van der Waals surface area contributed by atoms with Gasteiger partial charge in [0.15, 0.2) is 5.71 Å². The lowest BCUT2D eigenvalue weighted by Gasteiger charge is -2.27. The first-order valence-electron chi connectivity index (χ1n) is 17.0. The molecular formula is C39H49ClN2O3S2. The molecule has 1 unspecified atom stereocenters. The van der Waals surface area contributed by atoms with Crippen LogP contribution in [0.1, 0.15) is 97.6 Å². The number of allylic oxidation sites excluding steroid dienone is 8. The number of hydrogen-bond acceptors (Lipinski definition) is 5. The zero-order valence-electron chi connectivity index (χ0n) is 29.0. The van der Waals surface area contributed by atoms with Crippen LogP contribution in [-0.2, 0) is 21.9 Å². The van der Waals surface area contributed by atoms with Crippen LogP contribution in [-0.4, -0.2) is 38.4 Å². The number of anilines is 1. The van der Waals surface area contributed by atoms with Gasteiger partial charge in [-0.1, -0.05) is 64.3 Å². The Kier molecular flexibility index (Phi) is 11.3. The topological polar surface area (TPSA) is 55.6 Å². The lowest BCUT2D eigenvalue weighted by Crippen LogP contribution is -2.28. The van der Waals surface area contributed by atoms with E-state index in [-0.39, 0.29) is 10.8 Å². The Hall–Kier alpha value is -2.58. The number of benzene rings is 2. The van der Waals surface area contributed by atoms with Crippen molar-refractivity contribution in [3.05, 3.63) is 93.7 Å². The van der Waals surface area contributed by atoms with Crippen molar-refractivity contribution < 1.29 is 17.5 Å². The highest BCUT2D eigenvalue weighted by Gasteiger charge is 2.44. The van der Waals surface area contributed by atoms with Crippen LogP contribution in [0, 0.1) is 0 Å². The molecule has 0 aromatic heterocycles. The summed E-state index contributed by atoms with van der Waals surface area (Å²) >= 11 is 6.30. The van der Waals surface area contributed by atoms with Gasteiger partial charge in [-0.15, -0.1) is 0 Å². The number of nitrogens with zero attached hydrogens (tertiary/aromatic N) is 2. The zero-order chi connectivity index (χ0) is 33.9. The summed E-state index contributed by atoms with van der Waals surface area (Å²) in [7, 11) is 0. The minimum absolute atomic E-state index is 0.175. The molecule has 5 nitrogen and oxygen atoms in total. The second-order valence-corrected chi connectivity index (χ2v) is 15.6. The Morgan fingerprint density at radius 1 is 1.00 bits per heavy atom. The lowest BCUT2D eigenvalue weighted by atomic mass is 9.81. The Bertz CT molecular complexity index is 1700. The number of unbranched alkanes of at least 4 members (excludes halogenated alkanes) is 2. The Morgan fingerprint density at radius 3 is 2.47 bits per heavy atom. The molecule has 8 heteroatoms. The smallest absolute Gasteiger partial charge is 0.210 e. The summed E-state index contributed by atoms with van der Waals surface area (Å²) in [6.07, 6.45) is 18.2. The maximum atomic E-state index is 11.8. The normalized spacial score (nSPS) is 20.9. The first-order chi connectivity index (χ1) is 22.4. The van der Waals surface area contributed by atoms with Crippen LogP contribution >= 0.6 is 23.6 Å². The second-order valence-electron chi connectivity index (χ2n) is 13.8. The van der Waals surface area contributed by atoms with Crippen LogP contribution < -0.4 is 9.08 Å². The van der Waals surface area contributed by atoms with E-state index in [1.807, 2.05) is 18.4 Å². The first-order valence-corrected chi connectivity index (χ1v) is 19.6. The van der Waals surface area contributed by atoms with Gasteiger partial charge in [-0.2, -0.15) is 4.58 Å². The molecule has 47 heavy (non-hydrogen) atoms. The summed E-state index contributed by atoms with van der Waals surface area (Å²) in [4.78, 5) is 2.70. The molecule has 0 saturated heterocycles. The molecule has 0 N–H and O–H groups in total. The number of fused-ring (bicyclic) bond motifs is 2. The van der Waals surface area contributed by atoms with Gasteiger partial charge in [0.25, 0.3) is 0 Å². The molecule has 0 radical (unpaired) electrons. The number of halogens is 1. The fourth-order valence-corrected chi connectivity index (χ4v) is 8.25. The van der Waals surface area contributed by atoms with Crippen molar-refractivity contribution in [2.24, 2.45) is 0 Å². The number of hydrogen-bond donors (Lipinski definition) is 0. The van der Waals surface area contributed by atoms with Crippen molar-refractivity contribution in [3.8, 4) is 5.75 Å². The van der Waals surface area contributed by atoms with E-state index in [0.29, 0.717) is 4.90 Å². The van der Waals surface area contributed by atoms with Crippen molar-refractivity contribution in [1.82, 2.24) is 0 Å². The van der Waals surface area contributed by atoms with Crippen LogP contribution in [0.3, 0.4) is 0 Å². The van der Waals surface area contributed by atoms with E-state index in [1.165, 1.54) is 40.3 Å². The predicted molar refractivity (Wildman–Crippen MR) is 199 cm³/mol. The molecule has 0 amide bonds. The van der Waals surface area contributed by atoms with Gasteiger partial charge in [0.1, 0.15) is 12.3 Å². The molecule has 2 aromatic carbocycles. The van der Waals surface area contributed by atoms with E-state index in [4.69, 9.17) is 15.8 Å². The molecular weight excluding hydrogens is 644 g/mol. The quantitative estimate of drug-likeness (QED) is 0.126. The highest BCUT2D eigenvalue weighted by molar-refractivity contribution is 7.94. The van der Waals surface area contributed by atoms with Crippen LogP contribution in [0.15, 0.2) is 87.5 Å². The molecule has 2 aromatic rings. The van der Waals surface area contributed by atoms with Gasteiger partial charge in [-0.3, -0.25) is 4.21 Å². The van der Waals surface area contributed by atoms with E-state index in [9.17, 15) is 8.76 Å². The van der Waals surface area contributed by atoms with Gasteiger partial charge >= 0.3 is 0 Å². The summed E-state index contributed by atoms with van der Waals surface area (Å²) < 4.78 is 31.9. The molecule has 0 spiro atoms. The van der Waals surface area contributed by atoms with Gasteiger partial charge in [0.2, 0.25) is 5.69 Å². The van der Waals surface area contributed by atoms with Crippen molar-refractivity contribution in [3.63, 3.8) is 0 Å². The third kappa shape index (κ3) is 7.10. The van der Waals surface area contributed by atoms with Crippen LogP contribution in [0.2, 0.25) is 0 Å². The summed E-state index contributed by atoms with van der Waals surface area (Å²) in [5.41, 5.74) is 8.94. The lowest BCUT2D eigenvalue weighted by molar-refractivity contribution is -0.438. The van der Waals surface area contributed by atoms with Gasteiger partial charge in [0.05, 0.1) is 17.5 Å². The molecule has 0 saturated carbocycles. The third-order valence-corrected chi connectivity index (χ3v) is 11.4. The molecule has 1 aliphatic carbocycles. The molecule has 0 fully saturated rings. The highest BCUT2D eigenvalue weighted by Crippen LogP contribution is 2.49. The van der Waals surface area contributed by atoms with Gasteiger partial charge < -0.3 is 13.6 Å². The Balaban J connectivity index is 1.50. The maximum absolute atomic E-state index is 11.8. The van der Waals surface area contributed by atoms with E-state index >= 15 is 0 Å². The third-order valence-electron chi connectivity index (χ3n) is 9.91. The summed E-state index contributed by atoms with van der Waals surface area (Å²) in [6, 6.07) is 12.0. The van der Waals surface area contributed by atoms with Gasteiger partial charge in [0, 0.05) is 63.7 Å². The SMILES string of the molecule is CCCCN1C(=CC=C2CCCC(C=CC3=[N+](CCCC)c4ccc(OSC)cc4C3(C)C)=C2Cl)C(C)(C)c2cc(S(=O)[O-])ccc21. The van der Waals surface area contributed by atoms with Crippen LogP contribution in [0.25, 0.3) is 0 Å². The van der Waals surface area contributed by atoms with E-state index in [2.05, 4.69) is 93.5 Å². The molecule has 2 aliphatic heterocycles. The Labute approximate surface area is 294 Å². The van der Waals surface area contributed by atoms with E-state index in [1.54, 1.807) is 6.07 Å². The monoisotopic (exact) mass is 692 g/mol. The maximum Gasteiger partial charge on any atom is 0.210 e. The van der Waals surface area contributed by atoms with Crippen LogP contribution in [0.5, 0.6) is 5.75 Å². The van der Waals surface area contributed by atoms with Crippen molar-refractivity contribution in [1.29, 1.82) is 0 Å². The summed E-state index contributed by atoms with van der Waals surface area (Å²) in [5, 5.41) is 0.839. The summed E-state index contributed by atoms with van der Waals surface area (Å²) in [5.74, 6) is 0.884. The molecule has 2 heterocycles. The molecule has 1 atom stereocenters. The molecule has 252 valence electrons. The van der Waals surface area contributed by atoms with Crippen LogP contribution in [0.4, 0.5) is 11.4 Å². The van der Waals surface area contributed by atoms with E-state index < -0.39 is 11.1 Å². The highest BCUT2D eigenvalue weighted by atomic mass is 35.5. The van der Waals surface area contributed by atoms with Gasteiger partial charge in [-0.25, -0.2) is 0 Å². The first kappa shape index (κ1) is 35.7. The Morgan fingerprint density at radius 2 is 1.77 bits per heavy atom. The van der Waals surface area contributed by atoms with Crippen molar-refractivity contribution in [2.45, 2.75) is 102 Å². The minimum Gasteiger partial charge on any atom is -0.768 e. The molecule has 0 bridgehead atoms. The van der Waals surface area contributed by atoms with Crippen molar-refractivity contribution in [2.75, 3.05) is 24.2 Å². The fourth-order valence-electron chi connectivity index (χ4n) is 7.24. The second kappa shape index (κ2) is 14.9. The standard InChI is InChI=1S/C39H49ClN2O3S2/c1-8-10-23-41-33-19-17-29(45-46-7)25-31(33)38(3,4)35(41)21-15-27-13-12-14-28(37(27)40)16-22-36-39(5,6)32-26-30(47(43)44)18-20-34(32)42(36)24-11-9-2/h15-22,25-26H,8-14,23-24H2,1-7H3. The number of rotatable bonds is 12. The van der Waals surface area contributed by atoms with Crippen molar-refractivity contribution >= 4 is 51.8 Å². The average molecular weight is 693 g/mol. The van der Waals surface area contributed by atoms with Gasteiger partial charge in [-0.05, 0) is 104 Å². The predicted octanol–water partition coefficient (Wildman–Crippen LogP) is 10.4.